The molecule has 17 rings (SSSR count). The van der Waals surface area contributed by atoms with Crippen LogP contribution >= 0.6 is 0 Å². The molecule has 0 saturated carbocycles. The molecular weight excluding hydrogens is 977 g/mol. The summed E-state index contributed by atoms with van der Waals surface area (Å²) in [5.74, 6) is 0. The Morgan fingerprint density at radius 2 is 0.650 bits per heavy atom. The summed E-state index contributed by atoms with van der Waals surface area (Å²) in [5, 5.41) is 14.2. The minimum atomic E-state index is -0.159. The SMILES string of the molecule is CC(C)(C)c1cccc2c3c(N(c4ccccc4)c4cccc5oc6ccccc6c45)ccc4c5cc6c(cc5n(c12)c43)c1ccc(N(c2ccccc2)c2cccc3oc4ccccc4c23)c2c3cccc(C(C)(C)C)c3n6c12. The maximum atomic E-state index is 6.58. The molecule has 6 heterocycles. The quantitative estimate of drug-likeness (QED) is 0.166. The van der Waals surface area contributed by atoms with Gasteiger partial charge in [0.05, 0.1) is 66.6 Å². The average Bonchev–Trinajstić information content (AvgIpc) is 3.40. The monoisotopic (exact) mass is 1030 g/mol. The summed E-state index contributed by atoms with van der Waals surface area (Å²) in [5.41, 5.74) is 19.7. The van der Waals surface area contributed by atoms with Crippen molar-refractivity contribution >= 4 is 154 Å². The predicted molar refractivity (Wildman–Crippen MR) is 337 cm³/mol. The first-order valence-corrected chi connectivity index (χ1v) is 27.9. The van der Waals surface area contributed by atoms with Crippen LogP contribution in [0.5, 0.6) is 0 Å². The van der Waals surface area contributed by atoms with Gasteiger partial charge < -0.3 is 27.4 Å². The summed E-state index contributed by atoms with van der Waals surface area (Å²) in [6.45, 7) is 14.1. The topological polar surface area (TPSA) is 41.6 Å². The van der Waals surface area contributed by atoms with Crippen LogP contribution in [-0.4, -0.2) is 8.80 Å². The lowest BCUT2D eigenvalue weighted by Gasteiger charge is -2.27. The fraction of sp³-hybridized carbons (Fsp3) is 0.108. The number of nitrogens with zero attached hydrogens (tertiary/aromatic N) is 4. The molecule has 6 aromatic heterocycles. The molecule has 0 atom stereocenters. The number of fused-ring (bicyclic) bond motifs is 18. The van der Waals surface area contributed by atoms with Crippen LogP contribution in [0.15, 0.2) is 227 Å². The van der Waals surface area contributed by atoms with Gasteiger partial charge in [-0.05, 0) is 107 Å². The summed E-state index contributed by atoms with van der Waals surface area (Å²) < 4.78 is 18.4. The van der Waals surface area contributed by atoms with Crippen molar-refractivity contribution < 1.29 is 8.83 Å². The molecule has 6 heteroatoms. The average molecular weight is 1030 g/mol. The minimum absolute atomic E-state index is 0.159. The van der Waals surface area contributed by atoms with Gasteiger partial charge in [-0.3, -0.25) is 0 Å². The first kappa shape index (κ1) is 45.3. The van der Waals surface area contributed by atoms with Gasteiger partial charge in [0, 0.05) is 65.2 Å². The lowest BCUT2D eigenvalue weighted by molar-refractivity contribution is 0.594. The van der Waals surface area contributed by atoms with E-state index in [4.69, 9.17) is 8.83 Å². The second kappa shape index (κ2) is 15.9. The molecule has 17 aromatic rings. The van der Waals surface area contributed by atoms with Gasteiger partial charge in [0.25, 0.3) is 0 Å². The van der Waals surface area contributed by atoms with Crippen LogP contribution in [0.25, 0.3) is 120 Å². The molecule has 0 aliphatic heterocycles. The second-order valence-corrected chi connectivity index (χ2v) is 24.0. The van der Waals surface area contributed by atoms with E-state index in [2.05, 4.69) is 279 Å². The number of furan rings is 2. The van der Waals surface area contributed by atoms with Crippen LogP contribution in [0, 0.1) is 0 Å². The van der Waals surface area contributed by atoms with Crippen LogP contribution in [0.2, 0.25) is 0 Å². The van der Waals surface area contributed by atoms with Gasteiger partial charge in [0.2, 0.25) is 0 Å². The van der Waals surface area contributed by atoms with E-state index in [9.17, 15) is 0 Å². The van der Waals surface area contributed by atoms with Gasteiger partial charge in [0.1, 0.15) is 22.3 Å². The van der Waals surface area contributed by atoms with Crippen molar-refractivity contribution in [3.63, 3.8) is 0 Å². The van der Waals surface area contributed by atoms with Crippen molar-refractivity contribution in [1.82, 2.24) is 8.80 Å². The minimum Gasteiger partial charge on any atom is -0.456 e. The zero-order chi connectivity index (χ0) is 53.5. The largest absolute Gasteiger partial charge is 0.456 e. The lowest BCUT2D eigenvalue weighted by atomic mass is 9.85. The molecule has 0 amide bonds. The highest BCUT2D eigenvalue weighted by Gasteiger charge is 2.33. The highest BCUT2D eigenvalue weighted by Crippen LogP contribution is 2.54. The van der Waals surface area contributed by atoms with E-state index in [-0.39, 0.29) is 10.8 Å². The highest BCUT2D eigenvalue weighted by atomic mass is 16.3. The summed E-state index contributed by atoms with van der Waals surface area (Å²) >= 11 is 0. The molecule has 11 aromatic carbocycles. The maximum absolute atomic E-state index is 6.58. The zero-order valence-corrected chi connectivity index (χ0v) is 45.4. The van der Waals surface area contributed by atoms with Crippen LogP contribution < -0.4 is 9.80 Å². The number of hydrogen-bond acceptors (Lipinski definition) is 4. The van der Waals surface area contributed by atoms with E-state index >= 15 is 0 Å². The number of aromatic nitrogens is 2. The number of hydrogen-bond donors (Lipinski definition) is 0. The van der Waals surface area contributed by atoms with Gasteiger partial charge in [-0.15, -0.1) is 0 Å². The van der Waals surface area contributed by atoms with Crippen LogP contribution in [0.1, 0.15) is 52.7 Å². The smallest absolute Gasteiger partial charge is 0.137 e. The van der Waals surface area contributed by atoms with E-state index in [0.29, 0.717) is 0 Å². The molecule has 6 nitrogen and oxygen atoms in total. The fourth-order valence-electron chi connectivity index (χ4n) is 14.1. The Morgan fingerprint density at radius 3 is 1.07 bits per heavy atom. The number of anilines is 6. The summed E-state index contributed by atoms with van der Waals surface area (Å²) in [4.78, 5) is 4.94. The van der Waals surface area contributed by atoms with Crippen LogP contribution in [0.3, 0.4) is 0 Å². The molecule has 80 heavy (non-hydrogen) atoms. The Kier molecular flexibility index (Phi) is 9.01. The van der Waals surface area contributed by atoms with E-state index in [0.717, 1.165) is 78.0 Å². The number of benzene rings is 11. The van der Waals surface area contributed by atoms with E-state index < -0.39 is 0 Å². The molecule has 0 aliphatic carbocycles. The highest BCUT2D eigenvalue weighted by molar-refractivity contribution is 6.33. The molecule has 0 radical (unpaired) electrons. The van der Waals surface area contributed by atoms with E-state index in [1.165, 1.54) is 87.3 Å². The maximum Gasteiger partial charge on any atom is 0.137 e. The molecule has 0 fully saturated rings. The standard InChI is InChI=1S/C74H54N4O2/c1-73(2,3)53-29-17-27-49-67-57(75(43-21-9-7-10-22-43)55-31-19-35-63-65(55)47-25-13-15-33-61(47)79-63)39-37-45-51-42-60-52(41-59(51)77(69(49)53)71(45)67)46-38-40-58(68-50-28-18-30-54(74(4,5)6)70(50)78(60)72(46)68)76(44-23-11-8-12-24-44)56-32-20-36-64-66(56)48-26-14-16-34-62(48)80-64/h7-42H,1-6H3. The van der Waals surface area contributed by atoms with Crippen molar-refractivity contribution in [2.24, 2.45) is 0 Å². The van der Waals surface area contributed by atoms with Crippen molar-refractivity contribution in [2.45, 2.75) is 52.4 Å². The van der Waals surface area contributed by atoms with Crippen LogP contribution in [-0.2, 0) is 10.8 Å². The van der Waals surface area contributed by atoms with Crippen molar-refractivity contribution in [1.29, 1.82) is 0 Å². The number of para-hydroxylation sites is 6. The van der Waals surface area contributed by atoms with Gasteiger partial charge in [-0.1, -0.05) is 175 Å². The molecule has 0 spiro atoms. The molecule has 0 N–H and O–H groups in total. The Hall–Kier alpha value is -9.78. The van der Waals surface area contributed by atoms with Crippen LogP contribution in [0.4, 0.5) is 34.1 Å². The van der Waals surface area contributed by atoms with Gasteiger partial charge >= 0.3 is 0 Å². The molecular formula is C74H54N4O2. The lowest BCUT2D eigenvalue weighted by Crippen LogP contribution is -2.12. The second-order valence-electron chi connectivity index (χ2n) is 24.0. The van der Waals surface area contributed by atoms with Gasteiger partial charge in [0.15, 0.2) is 0 Å². The summed E-state index contributed by atoms with van der Waals surface area (Å²) in [7, 11) is 0. The van der Waals surface area contributed by atoms with Crippen molar-refractivity contribution in [2.75, 3.05) is 9.80 Å². The predicted octanol–water partition coefficient (Wildman–Crippen LogP) is 21.3. The molecule has 0 aliphatic rings. The third-order valence-electron chi connectivity index (χ3n) is 17.4. The third-order valence-corrected chi connectivity index (χ3v) is 17.4. The Morgan fingerprint density at radius 1 is 0.287 bits per heavy atom. The zero-order valence-electron chi connectivity index (χ0n) is 45.4. The third kappa shape index (κ3) is 6.02. The summed E-state index contributed by atoms with van der Waals surface area (Å²) in [6, 6.07) is 80.1. The molecule has 0 saturated heterocycles. The fourth-order valence-corrected chi connectivity index (χ4v) is 14.1. The number of rotatable bonds is 6. The van der Waals surface area contributed by atoms with E-state index in [1.807, 2.05) is 0 Å². The first-order chi connectivity index (χ1) is 39.0. The Labute approximate surface area is 461 Å². The van der Waals surface area contributed by atoms with Crippen molar-refractivity contribution in [3.05, 3.63) is 230 Å². The van der Waals surface area contributed by atoms with Gasteiger partial charge in [-0.25, -0.2) is 0 Å². The first-order valence-electron chi connectivity index (χ1n) is 27.9. The van der Waals surface area contributed by atoms with Gasteiger partial charge in [-0.2, -0.15) is 0 Å². The molecule has 0 unspecified atom stereocenters. The van der Waals surface area contributed by atoms with Crippen molar-refractivity contribution in [3.8, 4) is 0 Å². The normalized spacial score (nSPS) is 12.9. The molecule has 382 valence electrons. The Bertz CT molecular complexity index is 5050. The molecule has 0 bridgehead atoms. The summed E-state index contributed by atoms with van der Waals surface area (Å²) in [6.07, 6.45) is 0. The van der Waals surface area contributed by atoms with E-state index in [1.54, 1.807) is 0 Å². The Balaban J connectivity index is 1.01.